The Bertz CT molecular complexity index is 1420. The van der Waals surface area contributed by atoms with Gasteiger partial charge in [0, 0.05) is 5.56 Å². The summed E-state index contributed by atoms with van der Waals surface area (Å²) < 4.78 is 76.8. The Kier molecular flexibility index (Phi) is 12.2. The summed E-state index contributed by atoms with van der Waals surface area (Å²) >= 11 is 8.57. The van der Waals surface area contributed by atoms with E-state index in [2.05, 4.69) is 65.6 Å². The summed E-state index contributed by atoms with van der Waals surface area (Å²) in [6.45, 7) is 0. The maximum absolute atomic E-state index is 13.4. The summed E-state index contributed by atoms with van der Waals surface area (Å²) in [5.74, 6) is 4.47. The first-order valence-corrected chi connectivity index (χ1v) is 12.3. The van der Waals surface area contributed by atoms with Crippen LogP contribution in [0.4, 0.5) is 26.3 Å². The van der Waals surface area contributed by atoms with Crippen molar-refractivity contribution in [3.8, 4) is 17.8 Å². The first kappa shape index (κ1) is 30.5. The Morgan fingerprint density at radius 1 is 0.486 bits per heavy atom. The second-order valence-electron chi connectivity index (χ2n) is 6.82. The van der Waals surface area contributed by atoms with Crippen LogP contribution in [-0.2, 0) is 0 Å². The summed E-state index contributed by atoms with van der Waals surface area (Å²) in [4.78, 5) is 0. The van der Waals surface area contributed by atoms with E-state index in [1.165, 1.54) is 48.5 Å². The van der Waals surface area contributed by atoms with E-state index in [0.29, 0.717) is 11.1 Å². The second kappa shape index (κ2) is 14.8. The van der Waals surface area contributed by atoms with E-state index < -0.39 is 23.3 Å². The van der Waals surface area contributed by atoms with Crippen molar-refractivity contribution in [2.75, 3.05) is 0 Å². The summed E-state index contributed by atoms with van der Waals surface area (Å²) in [6, 6.07) is 15.2. The van der Waals surface area contributed by atoms with Gasteiger partial charge < -0.3 is 0 Å². The predicted octanol–water partition coefficient (Wildman–Crippen LogP) is 9.52. The quantitative estimate of drug-likeness (QED) is 0.0742. The van der Waals surface area contributed by atoms with Crippen LogP contribution < -0.4 is 0 Å². The molecule has 0 bridgehead atoms. The average molecular weight is 702 g/mol. The van der Waals surface area contributed by atoms with Gasteiger partial charge in [-0.2, -0.15) is 0 Å². The fourth-order valence-corrected chi connectivity index (χ4v) is 3.27. The van der Waals surface area contributed by atoms with Gasteiger partial charge in [0.05, 0.1) is 19.0 Å². The Morgan fingerprint density at radius 2 is 0.865 bits per heavy atom. The van der Waals surface area contributed by atoms with Crippen molar-refractivity contribution in [1.82, 2.24) is 0 Å². The zero-order chi connectivity index (χ0) is 27.5. The molecule has 0 radical (unpaired) electrons. The van der Waals surface area contributed by atoms with Crippen LogP contribution in [-0.4, -0.2) is 0 Å². The fourth-order valence-electron chi connectivity index (χ4n) is 2.32. The molecule has 0 amide bonds. The molecule has 0 fully saturated rings. The van der Waals surface area contributed by atoms with E-state index >= 15 is 0 Å². The van der Waals surface area contributed by atoms with Crippen LogP contribution in [0.3, 0.4) is 0 Å². The minimum absolute atomic E-state index is 0.0416. The Hall–Kier alpha value is -2.76. The zero-order valence-corrected chi connectivity index (χ0v) is 23.1. The third-order valence-electron chi connectivity index (χ3n) is 4.15. The molecule has 0 unspecified atom stereocenters. The Morgan fingerprint density at radius 3 is 1.30 bits per heavy atom. The fraction of sp³-hybridized carbons (Fsp3) is 0. The third kappa shape index (κ3) is 10.3. The molecule has 0 saturated heterocycles. The van der Waals surface area contributed by atoms with Crippen LogP contribution in [0, 0.1) is 59.1 Å². The predicted molar refractivity (Wildman–Crippen MR) is 141 cm³/mol. The summed E-state index contributed by atoms with van der Waals surface area (Å²) in [6.07, 6.45) is 6.64. The van der Waals surface area contributed by atoms with E-state index in [4.69, 9.17) is 6.42 Å². The van der Waals surface area contributed by atoms with Crippen molar-refractivity contribution in [1.29, 1.82) is 0 Å². The molecule has 0 nitrogen and oxygen atoms in total. The number of hydrogen-bond donors (Lipinski definition) is 0. The Balaban J connectivity index is 0.000000214. The maximum atomic E-state index is 13.4. The number of benzene rings is 4. The van der Waals surface area contributed by atoms with Crippen molar-refractivity contribution in [2.24, 2.45) is 0 Å². The molecule has 4 aromatic rings. The van der Waals surface area contributed by atoms with E-state index in [9.17, 15) is 26.3 Å². The number of rotatable bonds is 0. The van der Waals surface area contributed by atoms with Gasteiger partial charge in [0.2, 0.25) is 0 Å². The number of hydrogen-bond acceptors (Lipinski definition) is 0. The third-order valence-corrected chi connectivity index (χ3v) is 5.97. The standard InChI is InChI=1S/C14H6BrF3.C8H4F.C6H2Br2F2/c15-12-8-13(17)10(7-14(12)18)4-1-9-2-5-11(16)6-3-9;1-2-7-3-5-8(9)6-4-7;7-3-1-5(9)4(8)2-6(3)10/h2-3,5-8H;3-6H;1-2H/q;+1;. The van der Waals surface area contributed by atoms with E-state index in [0.717, 1.165) is 24.3 Å². The topological polar surface area (TPSA) is 0 Å². The SMILES string of the molecule is Fc1cc(Br)c(F)cc1Br.Fc1ccc(C#Cc2cc(F)c(Br)cc2F)cc1.[C+]#Cc1ccc(F)cc1. The van der Waals surface area contributed by atoms with Crippen LogP contribution in [0.25, 0.3) is 0 Å². The van der Waals surface area contributed by atoms with Gasteiger partial charge in [-0.1, -0.05) is 11.8 Å². The molecule has 0 heterocycles. The van der Waals surface area contributed by atoms with Gasteiger partial charge in [-0.25, -0.2) is 22.0 Å². The van der Waals surface area contributed by atoms with Gasteiger partial charge in [-0.05, 0) is 96.3 Å². The van der Waals surface area contributed by atoms with Gasteiger partial charge in [0.15, 0.2) is 0 Å². The van der Waals surface area contributed by atoms with E-state index in [1.54, 1.807) is 0 Å². The van der Waals surface area contributed by atoms with Gasteiger partial charge in [0.25, 0.3) is 0 Å². The van der Waals surface area contributed by atoms with Crippen molar-refractivity contribution < 1.29 is 26.3 Å². The average Bonchev–Trinajstić information content (AvgIpc) is 2.86. The molecule has 0 aliphatic carbocycles. The van der Waals surface area contributed by atoms with Gasteiger partial charge in [-0.15, -0.1) is 0 Å². The zero-order valence-electron chi connectivity index (χ0n) is 18.3. The summed E-state index contributed by atoms with van der Waals surface area (Å²) in [5.41, 5.74) is 1.08. The van der Waals surface area contributed by atoms with Gasteiger partial charge >= 0.3 is 52.4 Å². The molecular formula is C28H12Br3F6+. The molecule has 0 atom stereocenters. The van der Waals surface area contributed by atoms with Gasteiger partial charge in [0.1, 0.15) is 29.1 Å². The molecule has 0 N–H and O–H groups in total. The van der Waals surface area contributed by atoms with E-state index in [1.807, 2.05) is 0 Å². The minimum atomic E-state index is -0.613. The van der Waals surface area contributed by atoms with Crippen LogP contribution in [0.1, 0.15) is 16.7 Å². The molecular weight excluding hydrogens is 690 g/mol. The van der Waals surface area contributed by atoms with Crippen molar-refractivity contribution in [3.63, 3.8) is 0 Å². The summed E-state index contributed by atoms with van der Waals surface area (Å²) in [7, 11) is 0. The number of halogens is 9. The van der Waals surface area contributed by atoms with Crippen molar-refractivity contribution in [2.45, 2.75) is 0 Å². The van der Waals surface area contributed by atoms with Crippen molar-refractivity contribution >= 4 is 47.8 Å². The van der Waals surface area contributed by atoms with Crippen LogP contribution in [0.5, 0.6) is 0 Å². The van der Waals surface area contributed by atoms with Crippen molar-refractivity contribution in [3.05, 3.63) is 144 Å². The van der Waals surface area contributed by atoms with Crippen LogP contribution in [0.15, 0.2) is 86.2 Å². The first-order chi connectivity index (χ1) is 17.5. The molecule has 0 aliphatic rings. The Labute approximate surface area is 235 Å². The monoisotopic (exact) mass is 699 g/mol. The molecule has 0 spiro atoms. The molecule has 0 aliphatic heterocycles. The molecule has 0 saturated carbocycles. The molecule has 9 heteroatoms. The second-order valence-corrected chi connectivity index (χ2v) is 9.38. The molecule has 4 aromatic carbocycles. The molecule has 37 heavy (non-hydrogen) atoms. The first-order valence-electron chi connectivity index (χ1n) is 9.90. The normalized spacial score (nSPS) is 9.59. The molecule has 4 rings (SSSR count). The van der Waals surface area contributed by atoms with Gasteiger partial charge in [-0.3, -0.25) is 0 Å². The summed E-state index contributed by atoms with van der Waals surface area (Å²) in [5, 5.41) is 0. The van der Waals surface area contributed by atoms with E-state index in [-0.39, 0.29) is 30.6 Å². The van der Waals surface area contributed by atoms with Crippen LogP contribution >= 0.6 is 47.8 Å². The molecule has 0 aromatic heterocycles. The molecule has 186 valence electrons. The van der Waals surface area contributed by atoms with Crippen LogP contribution in [0.2, 0.25) is 0 Å².